The molecule has 1 fully saturated rings. The smallest absolute Gasteiger partial charge is 0.222 e. The zero-order valence-corrected chi connectivity index (χ0v) is 15.3. The van der Waals surface area contributed by atoms with Crippen molar-refractivity contribution in [3.05, 3.63) is 34.9 Å². The molecule has 0 aliphatic carbocycles. The summed E-state index contributed by atoms with van der Waals surface area (Å²) in [7, 11) is 1.93. The number of hydrogen-bond acceptors (Lipinski definition) is 2. The van der Waals surface area contributed by atoms with Crippen LogP contribution in [0.15, 0.2) is 24.3 Å². The highest BCUT2D eigenvalue weighted by atomic mass is 35.5. The van der Waals surface area contributed by atoms with Crippen molar-refractivity contribution < 1.29 is 4.79 Å². The summed E-state index contributed by atoms with van der Waals surface area (Å²) >= 11 is 5.95. The zero-order chi connectivity index (χ0) is 16.8. The van der Waals surface area contributed by atoms with E-state index in [9.17, 15) is 4.79 Å². The Morgan fingerprint density at radius 3 is 2.48 bits per heavy atom. The zero-order valence-electron chi connectivity index (χ0n) is 14.5. The van der Waals surface area contributed by atoms with E-state index in [0.29, 0.717) is 18.3 Å². The van der Waals surface area contributed by atoms with E-state index in [4.69, 9.17) is 11.6 Å². The summed E-state index contributed by atoms with van der Waals surface area (Å²) in [6.45, 7) is 6.49. The Morgan fingerprint density at radius 1 is 1.26 bits per heavy atom. The average Bonchev–Trinajstić information content (AvgIpc) is 2.59. The molecule has 3 nitrogen and oxygen atoms in total. The number of benzene rings is 1. The normalized spacial score (nSPS) is 18.4. The van der Waals surface area contributed by atoms with Gasteiger partial charge in [0.05, 0.1) is 0 Å². The SMILES string of the molecule is CC(c1ccc(Cl)cc1)C(C)N(C)C(=O)CCC1CCNCC1. The van der Waals surface area contributed by atoms with Crippen LogP contribution in [0.25, 0.3) is 0 Å². The molecule has 2 unspecified atom stereocenters. The van der Waals surface area contributed by atoms with Crippen LogP contribution in [0.3, 0.4) is 0 Å². The Bertz CT molecular complexity index is 497. The van der Waals surface area contributed by atoms with Gasteiger partial charge in [0, 0.05) is 30.5 Å². The summed E-state index contributed by atoms with van der Waals surface area (Å²) in [6.07, 6.45) is 4.09. The number of nitrogens with one attached hydrogen (secondary N) is 1. The van der Waals surface area contributed by atoms with Crippen molar-refractivity contribution in [1.29, 1.82) is 0 Å². The molecule has 23 heavy (non-hydrogen) atoms. The Balaban J connectivity index is 1.85. The number of rotatable bonds is 6. The van der Waals surface area contributed by atoms with E-state index in [-0.39, 0.29) is 11.9 Å². The van der Waals surface area contributed by atoms with Gasteiger partial charge in [0.15, 0.2) is 0 Å². The first-order valence-corrected chi connectivity index (χ1v) is 9.08. The molecule has 0 bridgehead atoms. The summed E-state index contributed by atoms with van der Waals surface area (Å²) in [6, 6.07) is 8.11. The van der Waals surface area contributed by atoms with Gasteiger partial charge in [0.25, 0.3) is 0 Å². The second-order valence-corrected chi connectivity index (χ2v) is 7.25. The second-order valence-electron chi connectivity index (χ2n) is 6.82. The molecule has 0 saturated carbocycles. The highest BCUT2D eigenvalue weighted by Crippen LogP contribution is 2.25. The minimum Gasteiger partial charge on any atom is -0.342 e. The van der Waals surface area contributed by atoms with E-state index in [1.807, 2.05) is 24.1 Å². The van der Waals surface area contributed by atoms with Crippen LogP contribution in [0.2, 0.25) is 5.02 Å². The number of carbonyl (C=O) groups excluding carboxylic acids is 1. The molecule has 1 heterocycles. The van der Waals surface area contributed by atoms with Gasteiger partial charge >= 0.3 is 0 Å². The van der Waals surface area contributed by atoms with Crippen molar-refractivity contribution in [2.45, 2.75) is 51.5 Å². The van der Waals surface area contributed by atoms with Gasteiger partial charge in [-0.1, -0.05) is 30.7 Å². The molecular formula is C19H29ClN2O. The number of hydrogen-bond donors (Lipinski definition) is 1. The number of likely N-dealkylation sites (N-methyl/N-ethyl adjacent to an activating group) is 1. The van der Waals surface area contributed by atoms with Crippen LogP contribution in [-0.2, 0) is 4.79 Å². The number of piperidine rings is 1. The predicted molar refractivity (Wildman–Crippen MR) is 96.9 cm³/mol. The topological polar surface area (TPSA) is 32.3 Å². The van der Waals surface area contributed by atoms with Crippen LogP contribution < -0.4 is 5.32 Å². The lowest BCUT2D eigenvalue weighted by atomic mass is 9.91. The lowest BCUT2D eigenvalue weighted by molar-refractivity contribution is -0.132. The number of amides is 1. The first-order valence-electron chi connectivity index (χ1n) is 8.71. The Morgan fingerprint density at radius 2 is 1.87 bits per heavy atom. The Labute approximate surface area is 145 Å². The summed E-state index contributed by atoms with van der Waals surface area (Å²) in [4.78, 5) is 14.4. The van der Waals surface area contributed by atoms with Gasteiger partial charge in [-0.15, -0.1) is 0 Å². The molecule has 2 atom stereocenters. The van der Waals surface area contributed by atoms with Crippen molar-refractivity contribution in [3.63, 3.8) is 0 Å². The lowest BCUT2D eigenvalue weighted by Gasteiger charge is -2.31. The fraction of sp³-hybridized carbons (Fsp3) is 0.632. The Hall–Kier alpha value is -1.06. The maximum atomic E-state index is 12.5. The van der Waals surface area contributed by atoms with E-state index in [1.54, 1.807) is 0 Å². The van der Waals surface area contributed by atoms with Crippen LogP contribution in [0.1, 0.15) is 51.0 Å². The van der Waals surface area contributed by atoms with Crippen LogP contribution >= 0.6 is 11.6 Å². The van der Waals surface area contributed by atoms with Crippen molar-refractivity contribution in [1.82, 2.24) is 10.2 Å². The first kappa shape index (κ1) is 18.3. The largest absolute Gasteiger partial charge is 0.342 e. The van der Waals surface area contributed by atoms with E-state index in [1.165, 1.54) is 18.4 Å². The maximum Gasteiger partial charge on any atom is 0.222 e. The molecule has 1 N–H and O–H groups in total. The fourth-order valence-electron chi connectivity index (χ4n) is 3.28. The molecule has 0 radical (unpaired) electrons. The molecule has 0 spiro atoms. The number of halogens is 1. The van der Waals surface area contributed by atoms with Crippen molar-refractivity contribution in [3.8, 4) is 0 Å². The van der Waals surface area contributed by atoms with E-state index >= 15 is 0 Å². The molecule has 4 heteroatoms. The minimum atomic E-state index is 0.177. The number of nitrogens with zero attached hydrogens (tertiary/aromatic N) is 1. The molecule has 128 valence electrons. The molecule has 2 rings (SSSR count). The van der Waals surface area contributed by atoms with Gasteiger partial charge in [-0.05, 0) is 62.9 Å². The average molecular weight is 337 g/mol. The number of carbonyl (C=O) groups is 1. The molecule has 1 aliphatic rings. The minimum absolute atomic E-state index is 0.177. The monoisotopic (exact) mass is 336 g/mol. The van der Waals surface area contributed by atoms with E-state index in [2.05, 4.69) is 31.3 Å². The third-order valence-corrected chi connectivity index (χ3v) is 5.60. The van der Waals surface area contributed by atoms with Crippen molar-refractivity contribution >= 4 is 17.5 Å². The van der Waals surface area contributed by atoms with Crippen LogP contribution in [0, 0.1) is 5.92 Å². The standard InChI is InChI=1S/C19H29ClN2O/c1-14(17-5-7-18(20)8-6-17)15(2)22(3)19(23)9-4-16-10-12-21-13-11-16/h5-8,14-16,21H,4,9-13H2,1-3H3. The highest BCUT2D eigenvalue weighted by Gasteiger charge is 2.23. The summed E-state index contributed by atoms with van der Waals surface area (Å²) in [5, 5.41) is 4.13. The molecule has 1 amide bonds. The van der Waals surface area contributed by atoms with Crippen LogP contribution in [-0.4, -0.2) is 37.0 Å². The van der Waals surface area contributed by atoms with Gasteiger partial charge in [-0.25, -0.2) is 0 Å². The third-order valence-electron chi connectivity index (χ3n) is 5.35. The van der Waals surface area contributed by atoms with Gasteiger partial charge in [-0.3, -0.25) is 4.79 Å². The Kier molecular flexibility index (Phi) is 6.91. The predicted octanol–water partition coefficient (Wildman–Crippen LogP) is 4.07. The molecule has 1 aromatic rings. The van der Waals surface area contributed by atoms with Crippen molar-refractivity contribution in [2.24, 2.45) is 5.92 Å². The van der Waals surface area contributed by atoms with Gasteiger partial charge in [0.1, 0.15) is 0 Å². The third kappa shape index (κ3) is 5.22. The molecule has 1 saturated heterocycles. The second kappa shape index (κ2) is 8.70. The van der Waals surface area contributed by atoms with Gasteiger partial charge in [0.2, 0.25) is 5.91 Å². The fourth-order valence-corrected chi connectivity index (χ4v) is 3.41. The first-order chi connectivity index (χ1) is 11.0. The van der Waals surface area contributed by atoms with Gasteiger partial charge < -0.3 is 10.2 Å². The van der Waals surface area contributed by atoms with Crippen LogP contribution in [0.4, 0.5) is 0 Å². The highest BCUT2D eigenvalue weighted by molar-refractivity contribution is 6.30. The van der Waals surface area contributed by atoms with Crippen LogP contribution in [0.5, 0.6) is 0 Å². The summed E-state index contributed by atoms with van der Waals surface area (Å²) in [5.41, 5.74) is 1.22. The van der Waals surface area contributed by atoms with Gasteiger partial charge in [-0.2, -0.15) is 0 Å². The molecule has 1 aliphatic heterocycles. The molecule has 1 aromatic carbocycles. The van der Waals surface area contributed by atoms with Crippen molar-refractivity contribution in [2.75, 3.05) is 20.1 Å². The molecule has 0 aromatic heterocycles. The summed E-state index contributed by atoms with van der Waals surface area (Å²) in [5.74, 6) is 1.26. The van der Waals surface area contributed by atoms with E-state index in [0.717, 1.165) is 24.5 Å². The van der Waals surface area contributed by atoms with E-state index < -0.39 is 0 Å². The quantitative estimate of drug-likeness (QED) is 0.849. The maximum absolute atomic E-state index is 12.5. The molecular weight excluding hydrogens is 308 g/mol. The lowest BCUT2D eigenvalue weighted by Crippen LogP contribution is -2.38. The summed E-state index contributed by atoms with van der Waals surface area (Å²) < 4.78 is 0.